The highest BCUT2D eigenvalue weighted by Gasteiger charge is 2.53. The van der Waals surface area contributed by atoms with Crippen molar-refractivity contribution in [3.63, 3.8) is 0 Å². The first kappa shape index (κ1) is 19.0. The van der Waals surface area contributed by atoms with E-state index < -0.39 is 34.2 Å². The number of likely N-dealkylation sites (tertiary alicyclic amines) is 1. The van der Waals surface area contributed by atoms with Crippen LogP contribution in [0.4, 0.5) is 13.2 Å². The largest absolute Gasteiger partial charge is 0.434 e. The molecule has 1 saturated heterocycles. The van der Waals surface area contributed by atoms with Gasteiger partial charge >= 0.3 is 6.18 Å². The minimum Gasteiger partial charge on any atom is -0.337 e. The number of aromatic nitrogens is 2. The van der Waals surface area contributed by atoms with Gasteiger partial charge < -0.3 is 4.90 Å². The van der Waals surface area contributed by atoms with Gasteiger partial charge in [-0.3, -0.25) is 9.59 Å². The van der Waals surface area contributed by atoms with Crippen molar-refractivity contribution in [2.45, 2.75) is 33.4 Å². The van der Waals surface area contributed by atoms with Crippen LogP contribution in [0.3, 0.4) is 0 Å². The lowest BCUT2D eigenvalue weighted by Gasteiger charge is -2.53. The average Bonchev–Trinajstić information content (AvgIpc) is 2.53. The Bertz CT molecular complexity index is 906. The van der Waals surface area contributed by atoms with Gasteiger partial charge in [0.05, 0.1) is 11.1 Å². The maximum atomic E-state index is 13.2. The zero-order chi connectivity index (χ0) is 20.2. The normalized spacial score (nSPS) is 20.7. The summed E-state index contributed by atoms with van der Waals surface area (Å²) in [4.78, 5) is 33.2. The predicted octanol–water partition coefficient (Wildman–Crippen LogP) is 2.70. The van der Waals surface area contributed by atoms with E-state index >= 15 is 0 Å². The van der Waals surface area contributed by atoms with Gasteiger partial charge in [0.15, 0.2) is 11.5 Å². The maximum Gasteiger partial charge on any atom is 0.434 e. The highest BCUT2D eigenvalue weighted by Crippen LogP contribution is 2.48. The van der Waals surface area contributed by atoms with Crippen molar-refractivity contribution in [1.82, 2.24) is 14.9 Å². The molecule has 9 heteroatoms. The minimum atomic E-state index is -4.77. The van der Waals surface area contributed by atoms with Crippen molar-refractivity contribution in [3.05, 3.63) is 34.9 Å². The number of rotatable bonds is 1. The van der Waals surface area contributed by atoms with Gasteiger partial charge in [0, 0.05) is 30.1 Å². The van der Waals surface area contributed by atoms with E-state index in [2.05, 4.69) is 9.97 Å². The molecule has 2 aliphatic rings. The van der Waals surface area contributed by atoms with E-state index in [0.29, 0.717) is 6.42 Å². The molecule has 0 unspecified atom stereocenters. The van der Waals surface area contributed by atoms with E-state index in [0.717, 1.165) is 6.20 Å². The summed E-state index contributed by atoms with van der Waals surface area (Å²) in [6.07, 6.45) is -1.90. The van der Waals surface area contributed by atoms with Gasteiger partial charge in [-0.15, -0.1) is 0 Å². The van der Waals surface area contributed by atoms with Crippen LogP contribution in [0, 0.1) is 29.1 Å². The Balaban J connectivity index is 1.87. The molecule has 27 heavy (non-hydrogen) atoms. The van der Waals surface area contributed by atoms with E-state index in [-0.39, 0.29) is 30.3 Å². The fourth-order valence-electron chi connectivity index (χ4n) is 3.90. The SMILES string of the molecule is Cc1ncc(C(=O)N2CC3(C=C(C#N)C(=O)C(C)(C)C3)C2)c(C(F)(F)F)n1. The number of nitrogens with zero attached hydrogens (tertiary/aromatic N) is 4. The summed E-state index contributed by atoms with van der Waals surface area (Å²) in [6, 6.07) is 1.88. The number of aryl methyl sites for hydroxylation is 1. The zero-order valence-corrected chi connectivity index (χ0v) is 15.0. The molecule has 0 radical (unpaired) electrons. The minimum absolute atomic E-state index is 0.0352. The number of carbonyl (C=O) groups excluding carboxylic acids is 2. The van der Waals surface area contributed by atoms with Crippen molar-refractivity contribution in [2.24, 2.45) is 10.8 Å². The van der Waals surface area contributed by atoms with Crippen LogP contribution in [-0.2, 0) is 11.0 Å². The summed E-state index contributed by atoms with van der Waals surface area (Å²) in [7, 11) is 0. The molecule has 1 spiro atoms. The highest BCUT2D eigenvalue weighted by molar-refractivity contribution is 6.04. The molecule has 2 heterocycles. The van der Waals surface area contributed by atoms with Gasteiger partial charge in [-0.1, -0.05) is 19.9 Å². The molecular weight excluding hydrogens is 361 g/mol. The third-order valence-corrected chi connectivity index (χ3v) is 4.93. The third-order valence-electron chi connectivity index (χ3n) is 4.93. The number of carbonyl (C=O) groups is 2. The second kappa shape index (κ2) is 5.87. The summed E-state index contributed by atoms with van der Waals surface area (Å²) in [5, 5.41) is 9.19. The van der Waals surface area contributed by atoms with E-state index in [9.17, 15) is 28.0 Å². The number of alkyl halides is 3. The molecule has 142 valence electrons. The van der Waals surface area contributed by atoms with Crippen LogP contribution in [-0.4, -0.2) is 39.6 Å². The van der Waals surface area contributed by atoms with Crippen LogP contribution in [0.1, 0.15) is 42.1 Å². The van der Waals surface area contributed by atoms with Crippen LogP contribution >= 0.6 is 0 Å². The van der Waals surface area contributed by atoms with E-state index in [4.69, 9.17) is 0 Å². The molecule has 1 aliphatic carbocycles. The quantitative estimate of drug-likeness (QED) is 0.750. The molecule has 0 aromatic carbocycles. The lowest BCUT2D eigenvalue weighted by molar-refractivity contribution is -0.142. The van der Waals surface area contributed by atoms with Crippen LogP contribution in [0.25, 0.3) is 0 Å². The van der Waals surface area contributed by atoms with Crippen molar-refractivity contribution in [3.8, 4) is 6.07 Å². The van der Waals surface area contributed by atoms with Crippen molar-refractivity contribution < 1.29 is 22.8 Å². The Hall–Kier alpha value is -2.76. The van der Waals surface area contributed by atoms with Gasteiger partial charge in [0.25, 0.3) is 5.91 Å². The first-order valence-electron chi connectivity index (χ1n) is 8.26. The van der Waals surface area contributed by atoms with Gasteiger partial charge in [-0.25, -0.2) is 9.97 Å². The average molecular weight is 378 g/mol. The Morgan fingerprint density at radius 1 is 1.33 bits per heavy atom. The van der Waals surface area contributed by atoms with Crippen LogP contribution in [0.5, 0.6) is 0 Å². The van der Waals surface area contributed by atoms with Gasteiger partial charge in [-0.2, -0.15) is 18.4 Å². The topological polar surface area (TPSA) is 87.0 Å². The molecule has 0 saturated carbocycles. The van der Waals surface area contributed by atoms with E-state index in [1.165, 1.54) is 11.8 Å². The standard InChI is InChI=1S/C18H17F3N4O2/c1-10-23-6-12(13(24-10)18(19,20)21)15(27)25-8-17(9-25)4-11(5-22)14(26)16(2,3)7-17/h4,6H,7-9H2,1-3H3. The smallest absolute Gasteiger partial charge is 0.337 e. The Kier molecular flexibility index (Phi) is 4.14. The molecule has 1 aliphatic heterocycles. The van der Waals surface area contributed by atoms with E-state index in [1.807, 2.05) is 6.07 Å². The fraction of sp³-hybridized carbons (Fsp3) is 0.500. The fourth-order valence-corrected chi connectivity index (χ4v) is 3.90. The van der Waals surface area contributed by atoms with Gasteiger partial charge in [0.1, 0.15) is 11.9 Å². The van der Waals surface area contributed by atoms with Crippen molar-refractivity contribution in [2.75, 3.05) is 13.1 Å². The van der Waals surface area contributed by atoms with Crippen LogP contribution < -0.4 is 0 Å². The number of Topliss-reactive ketones (excluding diaryl/α,β-unsaturated/α-hetero) is 1. The summed E-state index contributed by atoms with van der Waals surface area (Å²) >= 11 is 0. The number of halogens is 3. The lowest BCUT2D eigenvalue weighted by atomic mass is 9.61. The number of allylic oxidation sites excluding steroid dienone is 1. The van der Waals surface area contributed by atoms with Crippen molar-refractivity contribution in [1.29, 1.82) is 5.26 Å². The molecule has 1 aromatic rings. The molecule has 1 amide bonds. The number of hydrogen-bond donors (Lipinski definition) is 0. The first-order valence-corrected chi connectivity index (χ1v) is 8.26. The molecule has 1 fully saturated rings. The summed E-state index contributed by atoms with van der Waals surface area (Å²) in [6.45, 7) is 5.04. The van der Waals surface area contributed by atoms with Gasteiger partial charge in [-0.05, 0) is 13.3 Å². The van der Waals surface area contributed by atoms with Gasteiger partial charge in [0.2, 0.25) is 0 Å². The maximum absolute atomic E-state index is 13.2. The third kappa shape index (κ3) is 3.20. The molecule has 3 rings (SSSR count). The molecule has 0 bridgehead atoms. The predicted molar refractivity (Wildman–Crippen MR) is 87.2 cm³/mol. The molecule has 0 atom stereocenters. The van der Waals surface area contributed by atoms with Crippen LogP contribution in [0.2, 0.25) is 0 Å². The number of nitriles is 1. The number of amides is 1. The Morgan fingerprint density at radius 3 is 2.52 bits per heavy atom. The van der Waals surface area contributed by atoms with E-state index in [1.54, 1.807) is 19.9 Å². The lowest BCUT2D eigenvalue weighted by Crippen LogP contribution is -2.61. The number of hydrogen-bond acceptors (Lipinski definition) is 5. The monoisotopic (exact) mass is 378 g/mol. The molecular formula is C18H17F3N4O2. The van der Waals surface area contributed by atoms with Crippen LogP contribution in [0.15, 0.2) is 17.8 Å². The first-order chi connectivity index (χ1) is 12.4. The summed E-state index contributed by atoms with van der Waals surface area (Å²) < 4.78 is 39.7. The number of ketones is 1. The molecule has 0 N–H and O–H groups in total. The Labute approximate surface area is 153 Å². The Morgan fingerprint density at radius 2 is 1.96 bits per heavy atom. The highest BCUT2D eigenvalue weighted by atomic mass is 19.4. The second-order valence-corrected chi connectivity index (χ2v) is 7.76. The second-order valence-electron chi connectivity index (χ2n) is 7.76. The zero-order valence-electron chi connectivity index (χ0n) is 15.0. The molecule has 1 aromatic heterocycles. The van der Waals surface area contributed by atoms with Crippen molar-refractivity contribution >= 4 is 11.7 Å². The summed E-state index contributed by atoms with van der Waals surface area (Å²) in [5.41, 5.74) is -3.17. The molecule has 6 nitrogen and oxygen atoms in total. The summed E-state index contributed by atoms with van der Waals surface area (Å²) in [5.74, 6) is -1.14.